The topological polar surface area (TPSA) is 57.6 Å². The summed E-state index contributed by atoms with van der Waals surface area (Å²) in [4.78, 5) is 26.7. The first kappa shape index (κ1) is 16.6. The number of carbonyl (C=O) groups is 2. The van der Waals surface area contributed by atoms with Crippen molar-refractivity contribution >= 4 is 23.6 Å². The van der Waals surface area contributed by atoms with Gasteiger partial charge < -0.3 is 10.0 Å². The molecule has 0 spiro atoms. The molecule has 1 N–H and O–H groups in total. The van der Waals surface area contributed by atoms with Crippen LogP contribution in [0.4, 0.5) is 0 Å². The number of aliphatic carboxylic acids is 1. The van der Waals surface area contributed by atoms with Crippen LogP contribution in [0.15, 0.2) is 53.4 Å². The summed E-state index contributed by atoms with van der Waals surface area (Å²) in [6, 6.07) is 14.9. The van der Waals surface area contributed by atoms with E-state index in [1.807, 2.05) is 55.5 Å². The highest BCUT2D eigenvalue weighted by atomic mass is 32.2. The second kappa shape index (κ2) is 7.09. The Hall–Kier alpha value is -2.27. The Kier molecular flexibility index (Phi) is 4.90. The average molecular weight is 341 g/mol. The largest absolute Gasteiger partial charge is 0.480 e. The Morgan fingerprint density at radius 2 is 1.79 bits per heavy atom. The predicted molar refractivity (Wildman–Crippen MR) is 94.0 cm³/mol. The van der Waals surface area contributed by atoms with Crippen LogP contribution in [0.5, 0.6) is 0 Å². The molecule has 1 aliphatic rings. The SMILES string of the molecule is Cc1ccc(SCC(=O)N2Cc3ccccc3CC2C(=O)O)cc1. The number of aryl methyl sites for hydroxylation is 1. The normalized spacial score (nSPS) is 16.5. The Labute approximate surface area is 145 Å². The molecule has 2 aromatic rings. The molecule has 0 aliphatic carbocycles. The van der Waals surface area contributed by atoms with Gasteiger partial charge in [0, 0.05) is 17.9 Å². The van der Waals surface area contributed by atoms with Crippen LogP contribution in [0.1, 0.15) is 16.7 Å². The summed E-state index contributed by atoms with van der Waals surface area (Å²) in [5.74, 6) is -0.838. The van der Waals surface area contributed by atoms with E-state index in [-0.39, 0.29) is 11.7 Å². The van der Waals surface area contributed by atoms with Crippen LogP contribution in [-0.4, -0.2) is 33.7 Å². The summed E-state index contributed by atoms with van der Waals surface area (Å²) >= 11 is 1.44. The molecule has 1 unspecified atom stereocenters. The smallest absolute Gasteiger partial charge is 0.326 e. The maximum Gasteiger partial charge on any atom is 0.326 e. The Balaban J connectivity index is 1.72. The molecule has 1 atom stereocenters. The van der Waals surface area contributed by atoms with Gasteiger partial charge in [-0.25, -0.2) is 4.79 Å². The quantitative estimate of drug-likeness (QED) is 0.868. The number of nitrogens with zero attached hydrogens (tertiary/aromatic N) is 1. The predicted octanol–water partition coefficient (Wildman–Crippen LogP) is 3.13. The van der Waals surface area contributed by atoms with Gasteiger partial charge in [-0.1, -0.05) is 42.0 Å². The highest BCUT2D eigenvalue weighted by molar-refractivity contribution is 8.00. The first-order valence-corrected chi connectivity index (χ1v) is 8.81. The van der Waals surface area contributed by atoms with Crippen molar-refractivity contribution in [2.45, 2.75) is 30.8 Å². The first-order valence-electron chi connectivity index (χ1n) is 7.83. The minimum atomic E-state index is -0.946. The molecule has 0 aromatic heterocycles. The lowest BCUT2D eigenvalue weighted by Crippen LogP contribution is -2.49. The van der Waals surface area contributed by atoms with E-state index < -0.39 is 12.0 Å². The number of carboxylic acid groups (broad SMARTS) is 1. The monoisotopic (exact) mass is 341 g/mol. The van der Waals surface area contributed by atoms with Gasteiger partial charge >= 0.3 is 5.97 Å². The van der Waals surface area contributed by atoms with Crippen molar-refractivity contribution in [1.29, 1.82) is 0 Å². The summed E-state index contributed by atoms with van der Waals surface area (Å²) < 4.78 is 0. The van der Waals surface area contributed by atoms with Crippen molar-refractivity contribution in [1.82, 2.24) is 4.90 Å². The molecule has 4 nitrogen and oxygen atoms in total. The van der Waals surface area contributed by atoms with Crippen molar-refractivity contribution < 1.29 is 14.7 Å². The third kappa shape index (κ3) is 3.62. The molecule has 24 heavy (non-hydrogen) atoms. The zero-order valence-corrected chi connectivity index (χ0v) is 14.3. The summed E-state index contributed by atoms with van der Waals surface area (Å²) in [5.41, 5.74) is 3.22. The summed E-state index contributed by atoms with van der Waals surface area (Å²) in [6.07, 6.45) is 0.368. The Morgan fingerprint density at radius 1 is 1.12 bits per heavy atom. The second-order valence-corrected chi connectivity index (χ2v) is 7.00. The molecule has 0 bridgehead atoms. The van der Waals surface area contributed by atoms with E-state index in [1.54, 1.807) is 0 Å². The summed E-state index contributed by atoms with van der Waals surface area (Å²) in [7, 11) is 0. The fourth-order valence-corrected chi connectivity index (χ4v) is 3.65. The lowest BCUT2D eigenvalue weighted by atomic mass is 9.94. The fourth-order valence-electron chi connectivity index (χ4n) is 2.87. The van der Waals surface area contributed by atoms with Gasteiger partial charge in [0.2, 0.25) is 5.91 Å². The van der Waals surface area contributed by atoms with Crippen molar-refractivity contribution in [3.63, 3.8) is 0 Å². The van der Waals surface area contributed by atoms with Crippen molar-refractivity contribution in [3.05, 3.63) is 65.2 Å². The molecular weight excluding hydrogens is 322 g/mol. The number of thioether (sulfide) groups is 1. The Bertz CT molecular complexity index is 757. The number of carboxylic acids is 1. The number of rotatable bonds is 4. The van der Waals surface area contributed by atoms with Gasteiger partial charge in [-0.3, -0.25) is 4.79 Å². The average Bonchev–Trinajstić information content (AvgIpc) is 2.59. The molecular formula is C19H19NO3S. The molecule has 1 aliphatic heterocycles. The molecule has 1 amide bonds. The number of hydrogen-bond acceptors (Lipinski definition) is 3. The van der Waals surface area contributed by atoms with Gasteiger partial charge in [-0.05, 0) is 30.2 Å². The van der Waals surface area contributed by atoms with E-state index in [2.05, 4.69) is 0 Å². The van der Waals surface area contributed by atoms with Crippen molar-refractivity contribution in [2.75, 3.05) is 5.75 Å². The van der Waals surface area contributed by atoms with E-state index in [4.69, 9.17) is 0 Å². The molecule has 1 heterocycles. The lowest BCUT2D eigenvalue weighted by molar-refractivity contribution is -0.150. The first-order chi connectivity index (χ1) is 11.5. The van der Waals surface area contributed by atoms with Crippen LogP contribution in [-0.2, 0) is 22.6 Å². The summed E-state index contributed by atoms with van der Waals surface area (Å²) in [6.45, 7) is 2.38. The van der Waals surface area contributed by atoms with Gasteiger partial charge in [0.1, 0.15) is 6.04 Å². The molecule has 3 rings (SSSR count). The van der Waals surface area contributed by atoms with Crippen LogP contribution in [0.25, 0.3) is 0 Å². The van der Waals surface area contributed by atoms with Gasteiger partial charge in [0.15, 0.2) is 0 Å². The minimum absolute atomic E-state index is 0.137. The lowest BCUT2D eigenvalue weighted by Gasteiger charge is -2.34. The molecule has 2 aromatic carbocycles. The van der Waals surface area contributed by atoms with Gasteiger partial charge in [-0.15, -0.1) is 11.8 Å². The number of fused-ring (bicyclic) bond motifs is 1. The van der Waals surface area contributed by atoms with Crippen molar-refractivity contribution in [3.8, 4) is 0 Å². The van der Waals surface area contributed by atoms with E-state index in [0.29, 0.717) is 13.0 Å². The molecule has 0 fully saturated rings. The van der Waals surface area contributed by atoms with E-state index in [1.165, 1.54) is 22.2 Å². The van der Waals surface area contributed by atoms with E-state index in [0.717, 1.165) is 16.0 Å². The van der Waals surface area contributed by atoms with Crippen LogP contribution in [0.2, 0.25) is 0 Å². The maximum absolute atomic E-state index is 12.6. The van der Waals surface area contributed by atoms with Crippen LogP contribution < -0.4 is 0 Å². The number of amides is 1. The Morgan fingerprint density at radius 3 is 2.46 bits per heavy atom. The molecule has 0 radical (unpaired) electrons. The highest BCUT2D eigenvalue weighted by Gasteiger charge is 2.34. The number of benzene rings is 2. The second-order valence-electron chi connectivity index (χ2n) is 5.95. The van der Waals surface area contributed by atoms with E-state index >= 15 is 0 Å². The highest BCUT2D eigenvalue weighted by Crippen LogP contribution is 2.26. The van der Waals surface area contributed by atoms with Crippen LogP contribution in [0, 0.1) is 6.92 Å². The zero-order valence-electron chi connectivity index (χ0n) is 13.4. The van der Waals surface area contributed by atoms with Crippen molar-refractivity contribution in [2.24, 2.45) is 0 Å². The summed E-state index contributed by atoms with van der Waals surface area (Å²) in [5, 5.41) is 9.50. The van der Waals surface area contributed by atoms with Gasteiger partial charge in [-0.2, -0.15) is 0 Å². The maximum atomic E-state index is 12.6. The molecule has 0 saturated carbocycles. The standard InChI is InChI=1S/C19H19NO3S/c1-13-6-8-16(9-7-13)24-12-18(21)20-11-15-5-3-2-4-14(15)10-17(20)19(22)23/h2-9,17H,10-12H2,1H3,(H,22,23). The number of hydrogen-bond donors (Lipinski definition) is 1. The minimum Gasteiger partial charge on any atom is -0.480 e. The third-order valence-electron chi connectivity index (χ3n) is 4.24. The molecule has 0 saturated heterocycles. The van der Waals surface area contributed by atoms with Crippen LogP contribution >= 0.6 is 11.8 Å². The molecule has 124 valence electrons. The third-order valence-corrected chi connectivity index (χ3v) is 5.23. The van der Waals surface area contributed by atoms with Gasteiger partial charge in [0.05, 0.1) is 5.75 Å². The van der Waals surface area contributed by atoms with Crippen LogP contribution in [0.3, 0.4) is 0 Å². The number of carbonyl (C=O) groups excluding carboxylic acids is 1. The fraction of sp³-hybridized carbons (Fsp3) is 0.263. The van der Waals surface area contributed by atoms with Gasteiger partial charge in [0.25, 0.3) is 0 Å². The van der Waals surface area contributed by atoms with E-state index in [9.17, 15) is 14.7 Å². The molecule has 5 heteroatoms. The zero-order chi connectivity index (χ0) is 17.1.